The second-order valence-corrected chi connectivity index (χ2v) is 10.5. The minimum absolute atomic E-state index is 0.0131. The maximum atomic E-state index is 13.7. The molecule has 1 atom stereocenters. The molecule has 0 unspecified atom stereocenters. The zero-order valence-electron chi connectivity index (χ0n) is 18.7. The fourth-order valence-electron chi connectivity index (χ4n) is 3.09. The van der Waals surface area contributed by atoms with Crippen molar-refractivity contribution in [2.24, 2.45) is 0 Å². The molecule has 2 amide bonds. The average molecular weight is 518 g/mol. The van der Waals surface area contributed by atoms with Crippen LogP contribution in [-0.4, -0.2) is 50.0 Å². The summed E-state index contributed by atoms with van der Waals surface area (Å²) in [5, 5.41) is 3.32. The minimum atomic E-state index is -3.95. The van der Waals surface area contributed by atoms with Crippen molar-refractivity contribution in [2.75, 3.05) is 17.1 Å². The normalized spacial score (nSPS) is 12.4. The van der Waals surface area contributed by atoms with Crippen LogP contribution >= 0.6 is 23.2 Å². The zero-order chi connectivity index (χ0) is 24.9. The highest BCUT2D eigenvalue weighted by Crippen LogP contribution is 2.27. The number of anilines is 1. The van der Waals surface area contributed by atoms with Crippen molar-refractivity contribution in [3.8, 4) is 0 Å². The van der Waals surface area contributed by atoms with E-state index in [0.717, 1.165) is 22.7 Å². The largest absolute Gasteiger partial charge is 0.352 e. The van der Waals surface area contributed by atoms with E-state index >= 15 is 0 Å². The monoisotopic (exact) mass is 517 g/mol. The van der Waals surface area contributed by atoms with Gasteiger partial charge in [0.15, 0.2) is 0 Å². The van der Waals surface area contributed by atoms with Crippen molar-refractivity contribution in [3.05, 3.63) is 63.9 Å². The summed E-state index contributed by atoms with van der Waals surface area (Å²) in [7, 11) is -3.95. The van der Waals surface area contributed by atoms with Gasteiger partial charge in [-0.2, -0.15) is 0 Å². The number of halogens is 3. The van der Waals surface area contributed by atoms with Gasteiger partial charge in [0, 0.05) is 28.2 Å². The standard InChI is InChI=1S/C22H26Cl2FN3O4S/c1-14(2)26-22(30)15(3)27(12-18-19(23)9-6-10-20(18)24)21(29)13-28(33(4,31)32)17-8-5-7-16(25)11-17/h5-11,14-15H,12-13H2,1-4H3,(H,26,30)/t15-/m1/s1. The molecule has 0 aromatic heterocycles. The van der Waals surface area contributed by atoms with Gasteiger partial charge >= 0.3 is 0 Å². The van der Waals surface area contributed by atoms with Gasteiger partial charge in [-0.15, -0.1) is 0 Å². The van der Waals surface area contributed by atoms with Crippen molar-refractivity contribution in [2.45, 2.75) is 39.4 Å². The van der Waals surface area contributed by atoms with E-state index in [2.05, 4.69) is 5.32 Å². The summed E-state index contributed by atoms with van der Waals surface area (Å²) in [5.74, 6) is -1.77. The van der Waals surface area contributed by atoms with Gasteiger partial charge in [-0.3, -0.25) is 13.9 Å². The van der Waals surface area contributed by atoms with Gasteiger partial charge in [0.1, 0.15) is 18.4 Å². The van der Waals surface area contributed by atoms with E-state index in [1.807, 2.05) is 0 Å². The Morgan fingerprint density at radius 2 is 1.64 bits per heavy atom. The number of amides is 2. The molecule has 0 saturated carbocycles. The summed E-state index contributed by atoms with van der Waals surface area (Å²) in [5.41, 5.74) is 0.399. The van der Waals surface area contributed by atoms with E-state index in [-0.39, 0.29) is 18.3 Å². The minimum Gasteiger partial charge on any atom is -0.352 e. The quantitative estimate of drug-likeness (QED) is 0.547. The highest BCUT2D eigenvalue weighted by molar-refractivity contribution is 7.92. The van der Waals surface area contributed by atoms with E-state index in [9.17, 15) is 22.4 Å². The molecular weight excluding hydrogens is 492 g/mol. The molecule has 2 rings (SSSR count). The number of rotatable bonds is 9. The van der Waals surface area contributed by atoms with Crippen LogP contribution < -0.4 is 9.62 Å². The first-order chi connectivity index (χ1) is 15.3. The second-order valence-electron chi connectivity index (χ2n) is 7.81. The Hall–Kier alpha value is -2.36. The summed E-state index contributed by atoms with van der Waals surface area (Å²) in [6.45, 7) is 4.29. The first-order valence-corrected chi connectivity index (χ1v) is 12.7. The molecule has 2 aromatic carbocycles. The molecule has 1 N–H and O–H groups in total. The van der Waals surface area contributed by atoms with E-state index in [1.54, 1.807) is 32.0 Å². The van der Waals surface area contributed by atoms with Gasteiger partial charge < -0.3 is 10.2 Å². The Morgan fingerprint density at radius 3 is 2.15 bits per heavy atom. The summed E-state index contributed by atoms with van der Waals surface area (Å²) < 4.78 is 39.4. The Labute approximate surface area is 203 Å². The summed E-state index contributed by atoms with van der Waals surface area (Å²) in [6.07, 6.45) is 0.912. The third-order valence-corrected chi connectivity index (χ3v) is 6.61. The van der Waals surface area contributed by atoms with Crippen LogP contribution in [-0.2, 0) is 26.2 Å². The number of sulfonamides is 1. The smallest absolute Gasteiger partial charge is 0.244 e. The van der Waals surface area contributed by atoms with Crippen LogP contribution in [0.1, 0.15) is 26.3 Å². The van der Waals surface area contributed by atoms with Gasteiger partial charge in [0.2, 0.25) is 21.8 Å². The van der Waals surface area contributed by atoms with E-state index in [0.29, 0.717) is 15.6 Å². The molecule has 7 nitrogen and oxygen atoms in total. The van der Waals surface area contributed by atoms with E-state index in [1.165, 1.54) is 24.0 Å². The lowest BCUT2D eigenvalue weighted by molar-refractivity contribution is -0.139. The van der Waals surface area contributed by atoms with Crippen molar-refractivity contribution in [3.63, 3.8) is 0 Å². The van der Waals surface area contributed by atoms with Crippen LogP contribution in [0.2, 0.25) is 10.0 Å². The highest BCUT2D eigenvalue weighted by Gasteiger charge is 2.31. The van der Waals surface area contributed by atoms with Crippen LogP contribution in [0.15, 0.2) is 42.5 Å². The molecule has 0 saturated heterocycles. The molecule has 11 heteroatoms. The SMILES string of the molecule is CC(C)NC(=O)[C@@H](C)N(Cc1c(Cl)cccc1Cl)C(=O)CN(c1cccc(F)c1)S(C)(=O)=O. The third-order valence-electron chi connectivity index (χ3n) is 4.76. The fraction of sp³-hybridized carbons (Fsp3) is 0.364. The molecule has 0 aliphatic heterocycles. The topological polar surface area (TPSA) is 86.8 Å². The van der Waals surface area contributed by atoms with Crippen LogP contribution in [0, 0.1) is 5.82 Å². The molecule has 0 aliphatic rings. The van der Waals surface area contributed by atoms with E-state index in [4.69, 9.17) is 23.2 Å². The van der Waals surface area contributed by atoms with Crippen LogP contribution in [0.3, 0.4) is 0 Å². The lowest BCUT2D eigenvalue weighted by Gasteiger charge is -2.32. The first kappa shape index (κ1) is 26.9. The maximum absolute atomic E-state index is 13.7. The number of hydrogen-bond donors (Lipinski definition) is 1. The van der Waals surface area contributed by atoms with Crippen LogP contribution in [0.25, 0.3) is 0 Å². The maximum Gasteiger partial charge on any atom is 0.244 e. The Bertz CT molecular complexity index is 1110. The van der Waals surface area contributed by atoms with Gasteiger partial charge in [0.25, 0.3) is 0 Å². The predicted octanol–water partition coefficient (Wildman–Crippen LogP) is 3.84. The lowest BCUT2D eigenvalue weighted by Crippen LogP contribution is -2.52. The molecule has 0 aliphatic carbocycles. The third kappa shape index (κ3) is 7.31. The molecule has 0 heterocycles. The second kappa shape index (κ2) is 11.2. The Kier molecular flexibility index (Phi) is 9.11. The number of nitrogens with one attached hydrogen (secondary N) is 1. The summed E-state index contributed by atoms with van der Waals surface area (Å²) >= 11 is 12.5. The molecule has 0 bridgehead atoms. The number of nitrogens with zero attached hydrogens (tertiary/aromatic N) is 2. The van der Waals surface area contributed by atoms with Crippen molar-refractivity contribution in [1.82, 2.24) is 10.2 Å². The number of hydrogen-bond acceptors (Lipinski definition) is 4. The van der Waals surface area contributed by atoms with Gasteiger partial charge in [-0.25, -0.2) is 12.8 Å². The van der Waals surface area contributed by atoms with Crippen molar-refractivity contribution < 1.29 is 22.4 Å². The van der Waals surface area contributed by atoms with Gasteiger partial charge in [0.05, 0.1) is 11.9 Å². The average Bonchev–Trinajstić information content (AvgIpc) is 2.69. The zero-order valence-corrected chi connectivity index (χ0v) is 21.0. The van der Waals surface area contributed by atoms with Gasteiger partial charge in [-0.1, -0.05) is 35.3 Å². The lowest BCUT2D eigenvalue weighted by atomic mass is 10.1. The molecule has 0 spiro atoms. The number of benzene rings is 2. The Balaban J connectivity index is 2.45. The molecular formula is C22H26Cl2FN3O4S. The fourth-order valence-corrected chi connectivity index (χ4v) is 4.44. The molecule has 180 valence electrons. The van der Waals surface area contributed by atoms with Crippen LogP contribution in [0.4, 0.5) is 10.1 Å². The summed E-state index contributed by atoms with van der Waals surface area (Å²) in [4.78, 5) is 27.3. The number of carbonyl (C=O) groups excluding carboxylic acids is 2. The van der Waals surface area contributed by atoms with E-state index < -0.39 is 40.2 Å². The predicted molar refractivity (Wildman–Crippen MR) is 128 cm³/mol. The number of carbonyl (C=O) groups is 2. The molecule has 2 aromatic rings. The first-order valence-electron chi connectivity index (χ1n) is 10.1. The summed E-state index contributed by atoms with van der Waals surface area (Å²) in [6, 6.07) is 8.58. The molecule has 33 heavy (non-hydrogen) atoms. The van der Waals surface area contributed by atoms with Gasteiger partial charge in [-0.05, 0) is 51.1 Å². The van der Waals surface area contributed by atoms with Crippen LogP contribution in [0.5, 0.6) is 0 Å². The van der Waals surface area contributed by atoms with Crippen molar-refractivity contribution >= 4 is 50.7 Å². The highest BCUT2D eigenvalue weighted by atomic mass is 35.5. The Morgan fingerprint density at radius 1 is 1.06 bits per heavy atom. The van der Waals surface area contributed by atoms with Crippen molar-refractivity contribution in [1.29, 1.82) is 0 Å². The molecule has 0 fully saturated rings. The molecule has 0 radical (unpaired) electrons.